The molecule has 0 spiro atoms. The fourth-order valence-corrected chi connectivity index (χ4v) is 2.75. The second-order valence-electron chi connectivity index (χ2n) is 5.04. The van der Waals surface area contributed by atoms with E-state index in [1.807, 2.05) is 0 Å². The van der Waals surface area contributed by atoms with E-state index in [0.29, 0.717) is 16.4 Å². The first-order chi connectivity index (χ1) is 11.9. The van der Waals surface area contributed by atoms with Crippen molar-refractivity contribution in [1.82, 2.24) is 4.98 Å². The highest BCUT2D eigenvalue weighted by Crippen LogP contribution is 2.28. The van der Waals surface area contributed by atoms with Crippen LogP contribution >= 0.6 is 11.3 Å². The fourth-order valence-electron chi connectivity index (χ4n) is 2.08. The maximum atomic E-state index is 11.8. The summed E-state index contributed by atoms with van der Waals surface area (Å²) in [6.07, 6.45) is 1.13. The summed E-state index contributed by atoms with van der Waals surface area (Å²) in [5, 5.41) is 32.0. The maximum absolute atomic E-state index is 11.8. The largest absolute Gasteiger partial charge is 0.872 e. The van der Waals surface area contributed by atoms with Crippen LogP contribution in [0.3, 0.4) is 0 Å². The van der Waals surface area contributed by atoms with Crippen molar-refractivity contribution in [3.05, 3.63) is 57.5 Å². The second-order valence-corrected chi connectivity index (χ2v) is 5.87. The average molecular weight is 358 g/mol. The number of hydrogen-bond acceptors (Lipinski definition) is 9. The molecule has 25 heavy (non-hydrogen) atoms. The highest BCUT2D eigenvalue weighted by atomic mass is 32.1. The van der Waals surface area contributed by atoms with Gasteiger partial charge in [-0.3, -0.25) is 10.4 Å². The zero-order valence-corrected chi connectivity index (χ0v) is 13.7. The average Bonchev–Trinajstić information content (AvgIpc) is 3.03. The Labute approximate surface area is 145 Å². The number of benzene rings is 1. The molecular weight excluding hydrogens is 346 g/mol. The number of aliphatic imine (C=N–C) groups is 1. The molecule has 0 atom stereocenters. The smallest absolute Gasteiger partial charge is 0.344 e. The second kappa shape index (κ2) is 6.85. The molecule has 0 amide bonds. The molecule has 0 aliphatic heterocycles. The molecule has 2 N–H and O–H groups in total. The quantitative estimate of drug-likeness (QED) is 0.542. The van der Waals surface area contributed by atoms with Crippen molar-refractivity contribution in [2.75, 3.05) is 5.23 Å². The van der Waals surface area contributed by atoms with Gasteiger partial charge >= 0.3 is 5.63 Å². The van der Waals surface area contributed by atoms with E-state index in [9.17, 15) is 9.90 Å². The van der Waals surface area contributed by atoms with Crippen LogP contribution in [0.15, 0.2) is 49.9 Å². The molecule has 0 aliphatic rings. The monoisotopic (exact) mass is 358 g/mol. The van der Waals surface area contributed by atoms with Crippen LogP contribution in [0.25, 0.3) is 11.3 Å². The Bertz CT molecular complexity index is 993. The summed E-state index contributed by atoms with van der Waals surface area (Å²) in [5.74, 6) is -0.224. The summed E-state index contributed by atoms with van der Waals surface area (Å²) in [4.78, 5) is 20.0. The van der Waals surface area contributed by atoms with Gasteiger partial charge in [0, 0.05) is 17.2 Å². The Balaban J connectivity index is 1.88. The van der Waals surface area contributed by atoms with Crippen molar-refractivity contribution in [3.63, 3.8) is 0 Å². The van der Waals surface area contributed by atoms with Crippen LogP contribution in [0.4, 0.5) is 10.8 Å². The molecule has 0 saturated heterocycles. The highest BCUT2D eigenvalue weighted by molar-refractivity contribution is 7.13. The van der Waals surface area contributed by atoms with Gasteiger partial charge in [-0.05, 0) is 25.1 Å². The van der Waals surface area contributed by atoms with Gasteiger partial charge in [-0.25, -0.2) is 14.8 Å². The van der Waals surface area contributed by atoms with Gasteiger partial charge in [0.2, 0.25) is 5.13 Å². The van der Waals surface area contributed by atoms with Crippen molar-refractivity contribution in [2.24, 2.45) is 4.99 Å². The summed E-state index contributed by atoms with van der Waals surface area (Å²) in [6.45, 7) is 1.52. The lowest BCUT2D eigenvalue weighted by molar-refractivity contribution is -0.269. The minimum atomic E-state index is -0.746. The SMILES string of the molecule is Cc1cc([O-])c(/C=N/c2nc(-c3cccc(N(O)O)c3)cs2)c(=O)o1. The van der Waals surface area contributed by atoms with Crippen LogP contribution in [0.1, 0.15) is 11.3 Å². The van der Waals surface area contributed by atoms with Crippen LogP contribution < -0.4 is 16.0 Å². The minimum Gasteiger partial charge on any atom is -0.872 e. The van der Waals surface area contributed by atoms with Crippen molar-refractivity contribution in [3.8, 4) is 17.0 Å². The van der Waals surface area contributed by atoms with Crippen LogP contribution in [0, 0.1) is 6.92 Å². The van der Waals surface area contributed by atoms with Crippen LogP contribution in [0.2, 0.25) is 0 Å². The predicted octanol–water partition coefficient (Wildman–Crippen LogP) is 2.48. The minimum absolute atomic E-state index is 0.0153. The summed E-state index contributed by atoms with van der Waals surface area (Å²) >= 11 is 1.21. The molecule has 2 heterocycles. The Morgan fingerprint density at radius 3 is 2.88 bits per heavy atom. The normalized spacial score (nSPS) is 11.2. The molecule has 9 heteroatoms. The molecule has 0 bridgehead atoms. The van der Waals surface area contributed by atoms with Crippen LogP contribution in [-0.4, -0.2) is 21.6 Å². The Kier molecular flexibility index (Phi) is 4.61. The predicted molar refractivity (Wildman–Crippen MR) is 90.0 cm³/mol. The molecule has 128 valence electrons. The molecular formula is C16H12N3O5S-. The molecule has 0 unspecified atom stereocenters. The number of hydrogen-bond donors (Lipinski definition) is 2. The molecule has 0 saturated carbocycles. The van der Waals surface area contributed by atoms with Crippen molar-refractivity contribution >= 4 is 28.4 Å². The number of aromatic nitrogens is 1. The number of thiazole rings is 1. The summed E-state index contributed by atoms with van der Waals surface area (Å²) in [6, 6.07) is 7.67. The summed E-state index contributed by atoms with van der Waals surface area (Å²) in [7, 11) is 0. The van der Waals surface area contributed by atoms with E-state index in [2.05, 4.69) is 9.98 Å². The van der Waals surface area contributed by atoms with Gasteiger partial charge in [0.15, 0.2) is 0 Å². The van der Waals surface area contributed by atoms with E-state index in [-0.39, 0.29) is 22.2 Å². The Morgan fingerprint density at radius 1 is 1.36 bits per heavy atom. The third kappa shape index (κ3) is 3.74. The van der Waals surface area contributed by atoms with E-state index >= 15 is 0 Å². The third-order valence-electron chi connectivity index (χ3n) is 3.24. The first kappa shape index (κ1) is 16.8. The topological polar surface area (TPSA) is 122 Å². The van der Waals surface area contributed by atoms with E-state index in [0.717, 1.165) is 6.21 Å². The van der Waals surface area contributed by atoms with Gasteiger partial charge < -0.3 is 9.52 Å². The maximum Gasteiger partial charge on any atom is 0.344 e. The zero-order chi connectivity index (χ0) is 18.0. The van der Waals surface area contributed by atoms with Gasteiger partial charge in [-0.15, -0.1) is 16.6 Å². The van der Waals surface area contributed by atoms with Crippen molar-refractivity contribution < 1.29 is 19.9 Å². The first-order valence-corrected chi connectivity index (χ1v) is 7.91. The molecule has 3 aromatic rings. The third-order valence-corrected chi connectivity index (χ3v) is 3.99. The van der Waals surface area contributed by atoms with Crippen molar-refractivity contribution in [1.29, 1.82) is 0 Å². The zero-order valence-electron chi connectivity index (χ0n) is 12.9. The molecule has 2 aromatic heterocycles. The van der Waals surface area contributed by atoms with Crippen LogP contribution in [0.5, 0.6) is 5.75 Å². The molecule has 1 aromatic carbocycles. The van der Waals surface area contributed by atoms with Gasteiger partial charge in [0.05, 0.1) is 16.9 Å². The van der Waals surface area contributed by atoms with E-state index < -0.39 is 11.4 Å². The highest BCUT2D eigenvalue weighted by Gasteiger charge is 2.07. The lowest BCUT2D eigenvalue weighted by Gasteiger charge is -2.08. The Morgan fingerprint density at radius 2 is 2.16 bits per heavy atom. The number of nitrogens with zero attached hydrogens (tertiary/aromatic N) is 3. The lowest BCUT2D eigenvalue weighted by Crippen LogP contribution is -2.11. The molecule has 0 fully saturated rings. The van der Waals surface area contributed by atoms with Gasteiger partial charge in [0.25, 0.3) is 0 Å². The molecule has 0 aliphatic carbocycles. The lowest BCUT2D eigenvalue weighted by atomic mass is 10.1. The first-order valence-electron chi connectivity index (χ1n) is 7.04. The van der Waals surface area contributed by atoms with Crippen LogP contribution in [-0.2, 0) is 0 Å². The standard InChI is InChI=1S/C16H13N3O5S/c1-9-5-14(20)12(15(21)24-9)7-17-16-18-13(8-25-16)10-3-2-4-11(6-10)19(22)23/h2-8,20,22-23H,1H3/p-1/b17-7+. The summed E-state index contributed by atoms with van der Waals surface area (Å²) < 4.78 is 4.87. The van der Waals surface area contributed by atoms with E-state index in [1.54, 1.807) is 17.5 Å². The Hall–Kier alpha value is -3.01. The number of rotatable bonds is 4. The van der Waals surface area contributed by atoms with Gasteiger partial charge in [-0.2, -0.15) is 0 Å². The summed E-state index contributed by atoms with van der Waals surface area (Å²) in [5.41, 5.74) is 0.496. The van der Waals surface area contributed by atoms with E-state index in [4.69, 9.17) is 14.8 Å². The van der Waals surface area contributed by atoms with E-state index in [1.165, 1.54) is 36.5 Å². The molecule has 0 radical (unpaired) electrons. The van der Waals surface area contributed by atoms with Gasteiger partial charge in [-0.1, -0.05) is 17.9 Å². The fraction of sp³-hybridized carbons (Fsp3) is 0.0625. The molecule has 8 nitrogen and oxygen atoms in total. The van der Waals surface area contributed by atoms with Gasteiger partial charge in [0.1, 0.15) is 5.76 Å². The number of anilines is 1. The molecule has 3 rings (SSSR count). The number of aryl methyl sites for hydroxylation is 1. The van der Waals surface area contributed by atoms with Crippen molar-refractivity contribution in [2.45, 2.75) is 6.92 Å².